The second-order valence-electron chi connectivity index (χ2n) is 5.75. The number of furan rings is 3. The van der Waals surface area contributed by atoms with Gasteiger partial charge in [-0.3, -0.25) is 0 Å². The van der Waals surface area contributed by atoms with Gasteiger partial charge in [-0.25, -0.2) is 4.99 Å². The summed E-state index contributed by atoms with van der Waals surface area (Å²) in [4.78, 5) is 4.28. The smallest absolute Gasteiger partial charge is 0.238 e. The normalized spacial score (nSPS) is 11.8. The Morgan fingerprint density at radius 2 is 1.68 bits per heavy atom. The molecule has 1 aromatic carbocycles. The Hall–Kier alpha value is -3.75. The van der Waals surface area contributed by atoms with Crippen molar-refractivity contribution in [2.45, 2.75) is 0 Å². The average molecular weight is 389 g/mol. The number of rotatable bonds is 5. The van der Waals surface area contributed by atoms with Gasteiger partial charge in [-0.2, -0.15) is 5.26 Å². The van der Waals surface area contributed by atoms with Gasteiger partial charge in [0.25, 0.3) is 0 Å². The van der Waals surface area contributed by atoms with Crippen molar-refractivity contribution in [2.75, 3.05) is 0 Å². The van der Waals surface area contributed by atoms with Crippen molar-refractivity contribution < 1.29 is 13.3 Å². The van der Waals surface area contributed by atoms with Gasteiger partial charge in [-0.05, 0) is 35.9 Å². The number of hydrogen-bond acceptors (Lipinski definition) is 5. The second kappa shape index (κ2) is 7.87. The van der Waals surface area contributed by atoms with E-state index in [1.807, 2.05) is 30.3 Å². The summed E-state index contributed by atoms with van der Waals surface area (Å²) < 4.78 is 16.8. The molecular formula is C22H13ClN2O3. The van der Waals surface area contributed by atoms with Crippen LogP contribution in [0, 0.1) is 11.3 Å². The van der Waals surface area contributed by atoms with Gasteiger partial charge in [0.2, 0.25) is 5.88 Å². The van der Waals surface area contributed by atoms with Gasteiger partial charge in [0.1, 0.15) is 17.4 Å². The van der Waals surface area contributed by atoms with Crippen molar-refractivity contribution in [3.63, 3.8) is 0 Å². The second-order valence-corrected chi connectivity index (χ2v) is 6.19. The van der Waals surface area contributed by atoms with E-state index in [1.54, 1.807) is 30.3 Å². The first-order chi connectivity index (χ1) is 13.8. The average Bonchev–Trinajstić information content (AvgIpc) is 3.46. The van der Waals surface area contributed by atoms with Crippen LogP contribution < -0.4 is 0 Å². The monoisotopic (exact) mass is 388 g/mol. The summed E-state index contributed by atoms with van der Waals surface area (Å²) in [5.74, 6) is 1.45. The zero-order valence-electron chi connectivity index (χ0n) is 14.5. The number of aliphatic imine (C=N–C) groups is 1. The number of halogens is 1. The Morgan fingerprint density at radius 1 is 0.964 bits per heavy atom. The van der Waals surface area contributed by atoms with Gasteiger partial charge in [0, 0.05) is 6.21 Å². The van der Waals surface area contributed by atoms with E-state index in [0.29, 0.717) is 27.9 Å². The third-order valence-corrected chi connectivity index (χ3v) is 4.13. The molecule has 0 radical (unpaired) electrons. The molecule has 5 nitrogen and oxygen atoms in total. The summed E-state index contributed by atoms with van der Waals surface area (Å²) in [5, 5.41) is 10.1. The molecule has 0 aliphatic carbocycles. The predicted molar refractivity (Wildman–Crippen MR) is 107 cm³/mol. The maximum atomic E-state index is 9.71. The Morgan fingerprint density at radius 3 is 2.32 bits per heavy atom. The lowest BCUT2D eigenvalue weighted by Crippen LogP contribution is -1.80. The third-order valence-electron chi connectivity index (χ3n) is 3.92. The molecule has 0 aliphatic rings. The summed E-state index contributed by atoms with van der Waals surface area (Å²) in [6, 6.07) is 18.7. The largest absolute Gasteiger partial charge is 0.464 e. The molecule has 0 saturated carbocycles. The highest BCUT2D eigenvalue weighted by Crippen LogP contribution is 2.42. The summed E-state index contributed by atoms with van der Waals surface area (Å²) >= 11 is 6.26. The highest BCUT2D eigenvalue weighted by Gasteiger charge is 2.25. The molecule has 3 aromatic heterocycles. The molecule has 28 heavy (non-hydrogen) atoms. The first-order valence-electron chi connectivity index (χ1n) is 8.37. The first-order valence-corrected chi connectivity index (χ1v) is 8.75. The Labute approximate surface area is 165 Å². The Kier molecular flexibility index (Phi) is 4.96. The zero-order chi connectivity index (χ0) is 19.3. The Balaban J connectivity index is 1.77. The molecule has 0 spiro atoms. The zero-order valence-corrected chi connectivity index (χ0v) is 15.3. The van der Waals surface area contributed by atoms with Crippen LogP contribution in [0.4, 0.5) is 5.88 Å². The topological polar surface area (TPSA) is 75.6 Å². The standard InChI is InChI=1S/C22H13ClN2O3/c23-16(12-15-6-2-1-3-7-15)14-25-22-17(13-24)20(18-8-4-10-26-18)21(28-22)19-9-5-11-27-19/h1-12,14H/b16-12-,25-14?. The van der Waals surface area contributed by atoms with Crippen LogP contribution in [0.2, 0.25) is 0 Å². The fourth-order valence-electron chi connectivity index (χ4n) is 2.72. The van der Waals surface area contributed by atoms with Gasteiger partial charge in [-0.1, -0.05) is 41.9 Å². The molecule has 0 aliphatic heterocycles. The molecule has 3 heterocycles. The van der Waals surface area contributed by atoms with E-state index >= 15 is 0 Å². The minimum atomic E-state index is 0.125. The van der Waals surface area contributed by atoms with Crippen LogP contribution in [0.3, 0.4) is 0 Å². The fraction of sp³-hybridized carbons (Fsp3) is 0. The Bertz CT molecular complexity index is 1160. The highest BCUT2D eigenvalue weighted by molar-refractivity contribution is 6.41. The predicted octanol–water partition coefficient (Wildman–Crippen LogP) is 6.65. The van der Waals surface area contributed by atoms with Crippen LogP contribution >= 0.6 is 11.6 Å². The van der Waals surface area contributed by atoms with E-state index < -0.39 is 0 Å². The van der Waals surface area contributed by atoms with Crippen LogP contribution in [-0.4, -0.2) is 6.21 Å². The molecule has 0 amide bonds. The quantitative estimate of drug-likeness (QED) is 0.358. The molecule has 0 bridgehead atoms. The maximum absolute atomic E-state index is 9.71. The van der Waals surface area contributed by atoms with E-state index in [0.717, 1.165) is 5.56 Å². The molecule has 6 heteroatoms. The molecule has 0 saturated heterocycles. The van der Waals surface area contributed by atoms with E-state index in [9.17, 15) is 5.26 Å². The minimum absolute atomic E-state index is 0.125. The number of allylic oxidation sites excluding steroid dienone is 1. The van der Waals surface area contributed by atoms with E-state index in [1.165, 1.54) is 18.7 Å². The third kappa shape index (κ3) is 3.54. The van der Waals surface area contributed by atoms with Crippen molar-refractivity contribution in [3.05, 3.63) is 83.3 Å². The van der Waals surface area contributed by atoms with Crippen molar-refractivity contribution in [2.24, 2.45) is 4.99 Å². The molecule has 0 unspecified atom stereocenters. The van der Waals surface area contributed by atoms with Gasteiger partial charge in [-0.15, -0.1) is 0 Å². The van der Waals surface area contributed by atoms with E-state index in [2.05, 4.69) is 11.1 Å². The van der Waals surface area contributed by atoms with Crippen LogP contribution in [0.5, 0.6) is 0 Å². The molecule has 0 atom stereocenters. The molecule has 136 valence electrons. The van der Waals surface area contributed by atoms with E-state index in [4.69, 9.17) is 24.9 Å². The summed E-state index contributed by atoms with van der Waals surface area (Å²) in [6.07, 6.45) is 6.25. The number of benzene rings is 1. The van der Waals surface area contributed by atoms with Crippen LogP contribution in [-0.2, 0) is 0 Å². The summed E-state index contributed by atoms with van der Waals surface area (Å²) in [5.41, 5.74) is 1.66. The number of hydrogen-bond donors (Lipinski definition) is 0. The van der Waals surface area contributed by atoms with Crippen LogP contribution in [0.25, 0.3) is 28.9 Å². The van der Waals surface area contributed by atoms with Gasteiger partial charge in [0.15, 0.2) is 11.5 Å². The minimum Gasteiger partial charge on any atom is -0.464 e. The summed E-state index contributed by atoms with van der Waals surface area (Å²) in [6.45, 7) is 0. The maximum Gasteiger partial charge on any atom is 0.238 e. The first kappa shape index (κ1) is 17.7. The van der Waals surface area contributed by atoms with Gasteiger partial charge < -0.3 is 13.3 Å². The van der Waals surface area contributed by atoms with E-state index in [-0.39, 0.29) is 11.4 Å². The van der Waals surface area contributed by atoms with Crippen LogP contribution in [0.15, 0.2) is 90.4 Å². The highest BCUT2D eigenvalue weighted by atomic mass is 35.5. The molecule has 4 rings (SSSR count). The van der Waals surface area contributed by atoms with Crippen molar-refractivity contribution in [3.8, 4) is 28.9 Å². The van der Waals surface area contributed by atoms with Crippen molar-refractivity contribution in [1.82, 2.24) is 0 Å². The van der Waals surface area contributed by atoms with Crippen LogP contribution in [0.1, 0.15) is 11.1 Å². The fourth-order valence-corrected chi connectivity index (χ4v) is 2.89. The summed E-state index contributed by atoms with van der Waals surface area (Å²) in [7, 11) is 0. The van der Waals surface area contributed by atoms with Gasteiger partial charge >= 0.3 is 0 Å². The molecule has 4 aromatic rings. The van der Waals surface area contributed by atoms with Gasteiger partial charge in [0.05, 0.1) is 23.1 Å². The molecule has 0 N–H and O–H groups in total. The molecular weight excluding hydrogens is 376 g/mol. The number of nitrogens with zero attached hydrogens (tertiary/aromatic N) is 2. The van der Waals surface area contributed by atoms with Crippen molar-refractivity contribution >= 4 is 29.8 Å². The lowest BCUT2D eigenvalue weighted by Gasteiger charge is -1.96. The molecule has 0 fully saturated rings. The van der Waals surface area contributed by atoms with Crippen molar-refractivity contribution in [1.29, 1.82) is 5.26 Å². The number of nitriles is 1. The lowest BCUT2D eigenvalue weighted by atomic mass is 10.1. The lowest BCUT2D eigenvalue weighted by molar-refractivity contribution is 0.527. The SMILES string of the molecule is N#Cc1c(N=C/C(Cl)=C/c2ccccc2)oc(-c2ccco2)c1-c1ccco1.